The van der Waals surface area contributed by atoms with E-state index in [9.17, 15) is 20.2 Å². The first kappa shape index (κ1) is 22.1. The van der Waals surface area contributed by atoms with Crippen molar-refractivity contribution in [2.75, 3.05) is 0 Å². The third-order valence-corrected chi connectivity index (χ3v) is 4.52. The van der Waals surface area contributed by atoms with Crippen LogP contribution >= 0.6 is 0 Å². The molecule has 0 amide bonds. The normalized spacial score (nSPS) is 10.7. The molecule has 0 bridgehead atoms. The van der Waals surface area contributed by atoms with Gasteiger partial charge in [-0.15, -0.1) is 5.11 Å². The Hall–Kier alpha value is -5.12. The summed E-state index contributed by atoms with van der Waals surface area (Å²) in [5.41, 5.74) is 0.936. The molecule has 0 heterocycles. The molecule has 10 heteroatoms. The monoisotopic (exact) mass is 456 g/mol. The zero-order valence-corrected chi connectivity index (χ0v) is 17.5. The average Bonchev–Trinajstić information content (AvgIpc) is 2.85. The highest BCUT2D eigenvalue weighted by Gasteiger charge is 2.11. The van der Waals surface area contributed by atoms with E-state index in [-0.39, 0.29) is 11.4 Å². The van der Waals surface area contributed by atoms with Gasteiger partial charge in [-0.3, -0.25) is 20.2 Å². The van der Waals surface area contributed by atoms with Crippen molar-refractivity contribution in [3.05, 3.63) is 117 Å². The van der Waals surface area contributed by atoms with Gasteiger partial charge in [0.25, 0.3) is 11.4 Å². The summed E-state index contributed by atoms with van der Waals surface area (Å²) in [6.07, 6.45) is 0. The van der Waals surface area contributed by atoms with Crippen LogP contribution in [0.4, 0.5) is 22.7 Å². The Morgan fingerprint density at radius 3 is 1.68 bits per heavy atom. The maximum atomic E-state index is 10.9. The van der Waals surface area contributed by atoms with Gasteiger partial charge < -0.3 is 9.47 Å². The Balaban J connectivity index is 1.63. The highest BCUT2D eigenvalue weighted by molar-refractivity contribution is 5.57. The van der Waals surface area contributed by atoms with Crippen molar-refractivity contribution >= 4 is 22.7 Å². The number of benzene rings is 4. The van der Waals surface area contributed by atoms with Crippen molar-refractivity contribution in [2.45, 2.75) is 0 Å². The lowest BCUT2D eigenvalue weighted by molar-refractivity contribution is -0.385. The van der Waals surface area contributed by atoms with Crippen LogP contribution < -0.4 is 9.47 Å². The molecule has 4 aromatic rings. The van der Waals surface area contributed by atoms with Gasteiger partial charge >= 0.3 is 0 Å². The molecular formula is C24H16N4O6. The summed E-state index contributed by atoms with van der Waals surface area (Å²) in [5, 5.41) is 30.2. The summed E-state index contributed by atoms with van der Waals surface area (Å²) < 4.78 is 11.7. The Kier molecular flexibility index (Phi) is 6.50. The minimum Gasteiger partial charge on any atom is -0.457 e. The SMILES string of the molecule is O=[N+]([O-])c1ccc(Oc2ccc(/N=N/c3ccccc3)c(Oc3ccc([N+](=O)[O-])cc3)c2)cc1. The number of hydrogen-bond donors (Lipinski definition) is 0. The van der Waals surface area contributed by atoms with Crippen LogP contribution in [0.2, 0.25) is 0 Å². The second-order valence-corrected chi connectivity index (χ2v) is 6.87. The van der Waals surface area contributed by atoms with Gasteiger partial charge in [-0.25, -0.2) is 0 Å². The number of azo groups is 1. The van der Waals surface area contributed by atoms with E-state index in [2.05, 4.69) is 10.2 Å². The first-order chi connectivity index (χ1) is 16.5. The number of nitro benzene ring substituents is 2. The highest BCUT2D eigenvalue weighted by atomic mass is 16.6. The van der Waals surface area contributed by atoms with Gasteiger partial charge in [0.1, 0.15) is 22.9 Å². The molecule has 0 aromatic heterocycles. The molecule has 168 valence electrons. The number of non-ortho nitro benzene ring substituents is 2. The van der Waals surface area contributed by atoms with Crippen molar-refractivity contribution in [1.29, 1.82) is 0 Å². The third kappa shape index (κ3) is 5.56. The van der Waals surface area contributed by atoms with E-state index in [1.807, 2.05) is 18.2 Å². The van der Waals surface area contributed by atoms with Crippen LogP contribution in [0.15, 0.2) is 107 Å². The number of ether oxygens (including phenoxy) is 2. The Labute approximate surface area is 193 Å². The molecule has 10 nitrogen and oxygen atoms in total. The van der Waals surface area contributed by atoms with Gasteiger partial charge in [0, 0.05) is 30.3 Å². The maximum Gasteiger partial charge on any atom is 0.269 e. The van der Waals surface area contributed by atoms with E-state index in [1.54, 1.807) is 30.3 Å². The molecule has 34 heavy (non-hydrogen) atoms. The Morgan fingerprint density at radius 1 is 0.588 bits per heavy atom. The zero-order chi connectivity index (χ0) is 23.9. The summed E-state index contributed by atoms with van der Waals surface area (Å²) >= 11 is 0. The van der Waals surface area contributed by atoms with Crippen molar-refractivity contribution < 1.29 is 19.3 Å². The van der Waals surface area contributed by atoms with Gasteiger partial charge in [0.2, 0.25) is 0 Å². The predicted octanol–water partition coefficient (Wildman–Crippen LogP) is 7.50. The summed E-state index contributed by atoms with van der Waals surface area (Å²) in [6.45, 7) is 0. The first-order valence-electron chi connectivity index (χ1n) is 9.93. The molecule has 0 radical (unpaired) electrons. The van der Waals surface area contributed by atoms with Gasteiger partial charge in [0.05, 0.1) is 15.5 Å². The van der Waals surface area contributed by atoms with Crippen molar-refractivity contribution in [3.8, 4) is 23.0 Å². The van der Waals surface area contributed by atoms with E-state index in [0.29, 0.717) is 34.4 Å². The third-order valence-electron chi connectivity index (χ3n) is 4.52. The van der Waals surface area contributed by atoms with Crippen molar-refractivity contribution in [2.24, 2.45) is 10.2 Å². The lowest BCUT2D eigenvalue weighted by Gasteiger charge is -2.11. The van der Waals surface area contributed by atoms with Crippen molar-refractivity contribution in [3.63, 3.8) is 0 Å². The molecule has 0 atom stereocenters. The van der Waals surface area contributed by atoms with Crippen LogP contribution in [0.1, 0.15) is 0 Å². The largest absolute Gasteiger partial charge is 0.457 e. The smallest absolute Gasteiger partial charge is 0.269 e. The fourth-order valence-electron chi connectivity index (χ4n) is 2.86. The summed E-state index contributed by atoms with van der Waals surface area (Å²) in [4.78, 5) is 20.8. The lowest BCUT2D eigenvalue weighted by Crippen LogP contribution is -1.91. The minimum atomic E-state index is -0.498. The molecule has 0 aliphatic heterocycles. The van der Waals surface area contributed by atoms with Crippen LogP contribution in [0.25, 0.3) is 0 Å². The minimum absolute atomic E-state index is 0.0498. The molecule has 0 N–H and O–H groups in total. The molecule has 4 rings (SSSR count). The first-order valence-corrected chi connectivity index (χ1v) is 9.93. The predicted molar refractivity (Wildman–Crippen MR) is 123 cm³/mol. The molecule has 0 aliphatic carbocycles. The van der Waals surface area contributed by atoms with E-state index in [1.165, 1.54) is 48.5 Å². The molecule has 0 spiro atoms. The number of rotatable bonds is 8. The van der Waals surface area contributed by atoms with E-state index in [4.69, 9.17) is 9.47 Å². The fourth-order valence-corrected chi connectivity index (χ4v) is 2.86. The topological polar surface area (TPSA) is 129 Å². The van der Waals surface area contributed by atoms with Gasteiger partial charge in [-0.05, 0) is 48.5 Å². The Bertz CT molecular complexity index is 1340. The average molecular weight is 456 g/mol. The van der Waals surface area contributed by atoms with Crippen LogP contribution in [0.5, 0.6) is 23.0 Å². The molecule has 0 aliphatic rings. The van der Waals surface area contributed by atoms with Crippen LogP contribution in [0.3, 0.4) is 0 Å². The maximum absolute atomic E-state index is 10.9. The highest BCUT2D eigenvalue weighted by Crippen LogP contribution is 2.38. The molecule has 0 unspecified atom stereocenters. The summed E-state index contributed by atoms with van der Waals surface area (Å²) in [5.74, 6) is 1.44. The molecular weight excluding hydrogens is 440 g/mol. The second kappa shape index (κ2) is 10.0. The van der Waals surface area contributed by atoms with Gasteiger partial charge in [-0.1, -0.05) is 18.2 Å². The lowest BCUT2D eigenvalue weighted by atomic mass is 10.2. The summed E-state index contributed by atoms with van der Waals surface area (Å²) in [6, 6.07) is 25.3. The zero-order valence-electron chi connectivity index (χ0n) is 17.5. The fraction of sp³-hybridized carbons (Fsp3) is 0. The molecule has 0 fully saturated rings. The molecule has 4 aromatic carbocycles. The second-order valence-electron chi connectivity index (χ2n) is 6.87. The number of hydrogen-bond acceptors (Lipinski definition) is 8. The van der Waals surface area contributed by atoms with Crippen LogP contribution in [0, 0.1) is 20.2 Å². The quantitative estimate of drug-likeness (QED) is 0.153. The van der Waals surface area contributed by atoms with Gasteiger partial charge in [0.15, 0.2) is 5.75 Å². The Morgan fingerprint density at radius 2 is 1.12 bits per heavy atom. The molecule has 0 saturated heterocycles. The standard InChI is InChI=1S/C24H16N4O6/c29-27(30)18-6-10-20(11-7-18)33-22-14-15-23(26-25-17-4-2-1-3-5-17)24(16-22)34-21-12-8-19(9-13-21)28(31)32/h1-16H/b26-25+. The van der Waals surface area contributed by atoms with Crippen LogP contribution in [-0.2, 0) is 0 Å². The van der Waals surface area contributed by atoms with E-state index < -0.39 is 9.85 Å². The van der Waals surface area contributed by atoms with Crippen molar-refractivity contribution in [1.82, 2.24) is 0 Å². The molecule has 0 saturated carbocycles. The van der Waals surface area contributed by atoms with E-state index >= 15 is 0 Å². The van der Waals surface area contributed by atoms with Gasteiger partial charge in [-0.2, -0.15) is 5.11 Å². The number of nitrogens with zero attached hydrogens (tertiary/aromatic N) is 4. The van der Waals surface area contributed by atoms with Crippen LogP contribution in [-0.4, -0.2) is 9.85 Å². The number of nitro groups is 2. The summed E-state index contributed by atoms with van der Waals surface area (Å²) in [7, 11) is 0. The van der Waals surface area contributed by atoms with E-state index in [0.717, 1.165) is 0 Å².